The van der Waals surface area contributed by atoms with Gasteiger partial charge in [-0.05, 0) is 45.4 Å². The van der Waals surface area contributed by atoms with Crippen LogP contribution in [0.1, 0.15) is 43.3 Å². The van der Waals surface area contributed by atoms with Crippen LogP contribution in [0.5, 0.6) is 0 Å². The Morgan fingerprint density at radius 1 is 1.43 bits per heavy atom. The lowest BCUT2D eigenvalue weighted by molar-refractivity contribution is 0.159. The molecule has 0 saturated carbocycles. The number of aromatic nitrogens is 2. The summed E-state index contributed by atoms with van der Waals surface area (Å²) < 4.78 is 0. The monoisotopic (exact) mass is 305 g/mol. The van der Waals surface area contributed by atoms with Crippen molar-refractivity contribution in [3.8, 4) is 10.6 Å². The molecule has 0 radical (unpaired) electrons. The number of nitrogens with zero attached hydrogens (tertiary/aromatic N) is 2. The third kappa shape index (κ3) is 4.33. The van der Waals surface area contributed by atoms with Crippen molar-refractivity contribution in [2.24, 2.45) is 0 Å². The maximum absolute atomic E-state index is 9.59. The van der Waals surface area contributed by atoms with Crippen molar-refractivity contribution < 1.29 is 5.11 Å². The smallest absolute Gasteiger partial charge is 0.125 e. The molecule has 2 unspecified atom stereocenters. The predicted octanol–water partition coefficient (Wildman–Crippen LogP) is 3.33. The molecule has 5 heteroatoms. The largest absolute Gasteiger partial charge is 0.393 e. The summed E-state index contributed by atoms with van der Waals surface area (Å²) in [4.78, 5) is 10.0. The van der Waals surface area contributed by atoms with Gasteiger partial charge in [0.2, 0.25) is 0 Å². The summed E-state index contributed by atoms with van der Waals surface area (Å²) in [6.07, 6.45) is 5.00. The lowest BCUT2D eigenvalue weighted by Crippen LogP contribution is -2.23. The van der Waals surface area contributed by atoms with E-state index in [9.17, 15) is 5.11 Å². The van der Waals surface area contributed by atoms with E-state index in [0.29, 0.717) is 0 Å². The molecule has 2 N–H and O–H groups in total. The van der Waals surface area contributed by atoms with Crippen molar-refractivity contribution in [2.45, 2.75) is 45.8 Å². The molecule has 2 aromatic heterocycles. The average molecular weight is 305 g/mol. The maximum atomic E-state index is 9.59. The van der Waals surface area contributed by atoms with Crippen LogP contribution in [-0.2, 0) is 0 Å². The number of aliphatic hydroxyl groups is 1. The van der Waals surface area contributed by atoms with Gasteiger partial charge in [-0.15, -0.1) is 11.3 Å². The van der Waals surface area contributed by atoms with Crippen molar-refractivity contribution in [1.29, 1.82) is 0 Å². The highest BCUT2D eigenvalue weighted by Crippen LogP contribution is 2.31. The zero-order chi connectivity index (χ0) is 15.2. The SMILES string of the molecule is CCC(O)CCNC(C)c1sc(-c2cccnc2)nc1C. The fraction of sp³-hybridized carbons (Fsp3) is 0.500. The van der Waals surface area contributed by atoms with E-state index in [2.05, 4.69) is 22.2 Å². The number of aliphatic hydroxyl groups excluding tert-OH is 1. The van der Waals surface area contributed by atoms with Crippen molar-refractivity contribution in [1.82, 2.24) is 15.3 Å². The predicted molar refractivity (Wildman–Crippen MR) is 87.4 cm³/mol. The maximum Gasteiger partial charge on any atom is 0.125 e. The Hall–Kier alpha value is -1.30. The van der Waals surface area contributed by atoms with Gasteiger partial charge in [-0.1, -0.05) is 6.92 Å². The number of nitrogens with one attached hydrogen (secondary N) is 1. The van der Waals surface area contributed by atoms with E-state index in [1.807, 2.05) is 32.2 Å². The molecular weight excluding hydrogens is 282 g/mol. The first kappa shape index (κ1) is 16.1. The van der Waals surface area contributed by atoms with E-state index in [1.165, 1.54) is 4.88 Å². The van der Waals surface area contributed by atoms with E-state index >= 15 is 0 Å². The van der Waals surface area contributed by atoms with E-state index in [0.717, 1.165) is 35.7 Å². The van der Waals surface area contributed by atoms with Gasteiger partial charge in [0.05, 0.1) is 11.8 Å². The van der Waals surface area contributed by atoms with Gasteiger partial charge in [-0.2, -0.15) is 0 Å². The van der Waals surface area contributed by atoms with Crippen LogP contribution in [-0.4, -0.2) is 27.7 Å². The van der Waals surface area contributed by atoms with E-state index in [-0.39, 0.29) is 12.1 Å². The normalized spacial score (nSPS) is 14.1. The Balaban J connectivity index is 2.02. The molecule has 4 nitrogen and oxygen atoms in total. The van der Waals surface area contributed by atoms with Gasteiger partial charge in [0.25, 0.3) is 0 Å². The summed E-state index contributed by atoms with van der Waals surface area (Å²) in [5, 5.41) is 14.1. The molecule has 0 aliphatic rings. The minimum Gasteiger partial charge on any atom is -0.393 e. The van der Waals surface area contributed by atoms with Gasteiger partial charge >= 0.3 is 0 Å². The topological polar surface area (TPSA) is 58.0 Å². The first-order valence-electron chi connectivity index (χ1n) is 7.41. The second-order valence-corrected chi connectivity index (χ2v) is 6.27. The lowest BCUT2D eigenvalue weighted by atomic mass is 10.2. The van der Waals surface area contributed by atoms with Crippen LogP contribution in [0, 0.1) is 6.92 Å². The molecule has 2 aromatic rings. The van der Waals surface area contributed by atoms with E-state index in [4.69, 9.17) is 0 Å². The molecule has 0 spiro atoms. The number of aryl methyl sites for hydroxylation is 1. The van der Waals surface area contributed by atoms with Crippen LogP contribution in [0.3, 0.4) is 0 Å². The molecule has 0 aromatic carbocycles. The summed E-state index contributed by atoms with van der Waals surface area (Å²) in [7, 11) is 0. The Kier molecular flexibility index (Phi) is 5.85. The van der Waals surface area contributed by atoms with Gasteiger partial charge in [0, 0.05) is 28.9 Å². The highest BCUT2D eigenvalue weighted by atomic mass is 32.1. The van der Waals surface area contributed by atoms with Gasteiger partial charge in [-0.3, -0.25) is 4.98 Å². The molecule has 0 aliphatic heterocycles. The van der Waals surface area contributed by atoms with Crippen LogP contribution in [0.25, 0.3) is 10.6 Å². The third-order valence-electron chi connectivity index (χ3n) is 3.53. The number of hydrogen-bond donors (Lipinski definition) is 2. The van der Waals surface area contributed by atoms with E-state index < -0.39 is 0 Å². The highest BCUT2D eigenvalue weighted by Gasteiger charge is 2.15. The standard InChI is InChI=1S/C16H23N3OS/c1-4-14(20)7-9-18-11(2)15-12(3)19-16(21-15)13-6-5-8-17-10-13/h5-6,8,10-11,14,18,20H,4,7,9H2,1-3H3. The first-order chi connectivity index (χ1) is 10.1. The Bertz CT molecular complexity index is 556. The van der Waals surface area contributed by atoms with E-state index in [1.54, 1.807) is 17.5 Å². The Labute approximate surface area is 130 Å². The minimum absolute atomic E-state index is 0.210. The Morgan fingerprint density at radius 2 is 2.24 bits per heavy atom. The fourth-order valence-electron chi connectivity index (χ4n) is 2.19. The number of rotatable bonds is 7. The molecule has 2 atom stereocenters. The Morgan fingerprint density at radius 3 is 2.90 bits per heavy atom. The molecule has 21 heavy (non-hydrogen) atoms. The molecule has 0 saturated heterocycles. The van der Waals surface area contributed by atoms with Crippen molar-refractivity contribution >= 4 is 11.3 Å². The van der Waals surface area contributed by atoms with Crippen LogP contribution < -0.4 is 5.32 Å². The summed E-state index contributed by atoms with van der Waals surface area (Å²) in [5.41, 5.74) is 2.13. The molecule has 114 valence electrons. The molecule has 0 aliphatic carbocycles. The second kappa shape index (κ2) is 7.64. The van der Waals surface area contributed by atoms with Crippen LogP contribution in [0.15, 0.2) is 24.5 Å². The van der Waals surface area contributed by atoms with Crippen molar-refractivity contribution in [3.05, 3.63) is 35.1 Å². The molecule has 0 bridgehead atoms. The van der Waals surface area contributed by atoms with Gasteiger partial charge in [-0.25, -0.2) is 4.98 Å². The molecule has 0 fully saturated rings. The molecular formula is C16H23N3OS. The molecule has 0 amide bonds. The number of hydrogen-bond acceptors (Lipinski definition) is 5. The highest BCUT2D eigenvalue weighted by molar-refractivity contribution is 7.15. The van der Waals surface area contributed by atoms with Crippen LogP contribution in [0.2, 0.25) is 0 Å². The fourth-order valence-corrected chi connectivity index (χ4v) is 3.27. The number of pyridine rings is 1. The van der Waals surface area contributed by atoms with Gasteiger partial charge in [0.15, 0.2) is 0 Å². The van der Waals surface area contributed by atoms with Crippen LogP contribution >= 0.6 is 11.3 Å². The van der Waals surface area contributed by atoms with Gasteiger partial charge < -0.3 is 10.4 Å². The quantitative estimate of drug-likeness (QED) is 0.824. The minimum atomic E-state index is -0.210. The van der Waals surface area contributed by atoms with Gasteiger partial charge in [0.1, 0.15) is 5.01 Å². The number of thiazole rings is 1. The van der Waals surface area contributed by atoms with Crippen molar-refractivity contribution in [3.63, 3.8) is 0 Å². The summed E-state index contributed by atoms with van der Waals surface area (Å²) in [6, 6.07) is 4.21. The zero-order valence-corrected chi connectivity index (χ0v) is 13.7. The third-order valence-corrected chi connectivity index (χ3v) is 4.92. The zero-order valence-electron chi connectivity index (χ0n) is 12.8. The second-order valence-electron chi connectivity index (χ2n) is 5.24. The summed E-state index contributed by atoms with van der Waals surface area (Å²) in [5.74, 6) is 0. The van der Waals surface area contributed by atoms with Crippen molar-refractivity contribution in [2.75, 3.05) is 6.54 Å². The summed E-state index contributed by atoms with van der Waals surface area (Å²) in [6.45, 7) is 7.01. The summed E-state index contributed by atoms with van der Waals surface area (Å²) >= 11 is 1.71. The lowest BCUT2D eigenvalue weighted by Gasteiger charge is -2.14. The van der Waals surface area contributed by atoms with Crippen LogP contribution in [0.4, 0.5) is 0 Å². The molecule has 2 heterocycles. The molecule has 2 rings (SSSR count). The first-order valence-corrected chi connectivity index (χ1v) is 8.22. The average Bonchev–Trinajstić information content (AvgIpc) is 2.90.